The SMILES string of the molecule is COC(=O)C(N)CCC1CCCC1C(C)(C)C. The van der Waals surface area contributed by atoms with Crippen molar-refractivity contribution in [1.29, 1.82) is 0 Å². The van der Waals surface area contributed by atoms with Crippen LogP contribution in [0.5, 0.6) is 0 Å². The van der Waals surface area contributed by atoms with E-state index in [9.17, 15) is 4.79 Å². The van der Waals surface area contributed by atoms with E-state index in [2.05, 4.69) is 25.5 Å². The Morgan fingerprint density at radius 2 is 2.06 bits per heavy atom. The first kappa shape index (κ1) is 14.5. The Bertz CT molecular complexity index is 257. The van der Waals surface area contributed by atoms with Gasteiger partial charge in [-0.1, -0.05) is 33.6 Å². The van der Waals surface area contributed by atoms with Gasteiger partial charge in [0, 0.05) is 0 Å². The molecule has 1 aliphatic rings. The minimum absolute atomic E-state index is 0.282. The van der Waals surface area contributed by atoms with Crippen molar-refractivity contribution >= 4 is 5.97 Å². The average molecular weight is 241 g/mol. The van der Waals surface area contributed by atoms with Crippen LogP contribution in [0.2, 0.25) is 0 Å². The lowest BCUT2D eigenvalue weighted by Gasteiger charge is -2.32. The number of nitrogens with two attached hydrogens (primary N) is 1. The van der Waals surface area contributed by atoms with Crippen molar-refractivity contribution in [3.05, 3.63) is 0 Å². The smallest absolute Gasteiger partial charge is 0.322 e. The minimum atomic E-state index is -0.443. The molecule has 0 amide bonds. The summed E-state index contributed by atoms with van der Waals surface area (Å²) in [6.45, 7) is 6.95. The number of carbonyl (C=O) groups is 1. The fourth-order valence-electron chi connectivity index (χ4n) is 3.19. The van der Waals surface area contributed by atoms with Crippen LogP contribution < -0.4 is 5.73 Å². The maximum absolute atomic E-state index is 11.2. The maximum atomic E-state index is 11.2. The van der Waals surface area contributed by atoms with Crippen LogP contribution in [0.25, 0.3) is 0 Å². The molecule has 1 rings (SSSR count). The van der Waals surface area contributed by atoms with E-state index in [1.807, 2.05) is 0 Å². The number of rotatable bonds is 4. The van der Waals surface area contributed by atoms with Gasteiger partial charge in [-0.3, -0.25) is 4.79 Å². The molecule has 3 unspecified atom stereocenters. The zero-order valence-corrected chi connectivity index (χ0v) is 11.7. The van der Waals surface area contributed by atoms with Crippen molar-refractivity contribution in [1.82, 2.24) is 0 Å². The average Bonchev–Trinajstić information content (AvgIpc) is 2.72. The van der Waals surface area contributed by atoms with Gasteiger partial charge in [0.1, 0.15) is 6.04 Å². The van der Waals surface area contributed by atoms with Crippen LogP contribution in [0.1, 0.15) is 52.9 Å². The van der Waals surface area contributed by atoms with E-state index in [0.717, 1.165) is 24.7 Å². The molecular weight excluding hydrogens is 214 g/mol. The predicted octanol–water partition coefficient (Wildman–Crippen LogP) is 2.73. The number of methoxy groups -OCH3 is 1. The molecule has 0 heterocycles. The van der Waals surface area contributed by atoms with Crippen molar-refractivity contribution in [2.24, 2.45) is 23.0 Å². The molecule has 0 aromatic rings. The summed E-state index contributed by atoms with van der Waals surface area (Å²) in [4.78, 5) is 11.2. The van der Waals surface area contributed by atoms with E-state index < -0.39 is 6.04 Å². The third-order valence-electron chi connectivity index (χ3n) is 4.12. The van der Waals surface area contributed by atoms with Crippen LogP contribution in [0.15, 0.2) is 0 Å². The summed E-state index contributed by atoms with van der Waals surface area (Å²) >= 11 is 0. The van der Waals surface area contributed by atoms with E-state index in [-0.39, 0.29) is 5.97 Å². The fourth-order valence-corrected chi connectivity index (χ4v) is 3.19. The molecule has 1 fully saturated rings. The van der Waals surface area contributed by atoms with Crippen molar-refractivity contribution in [3.63, 3.8) is 0 Å². The first-order valence-corrected chi connectivity index (χ1v) is 6.69. The van der Waals surface area contributed by atoms with Gasteiger partial charge in [-0.05, 0) is 36.5 Å². The second kappa shape index (κ2) is 5.85. The first-order chi connectivity index (χ1) is 7.86. The van der Waals surface area contributed by atoms with Crippen molar-refractivity contribution in [3.8, 4) is 0 Å². The van der Waals surface area contributed by atoms with Crippen LogP contribution in [-0.4, -0.2) is 19.1 Å². The summed E-state index contributed by atoms with van der Waals surface area (Å²) < 4.78 is 4.66. The zero-order chi connectivity index (χ0) is 13.1. The Labute approximate surface area is 105 Å². The monoisotopic (exact) mass is 241 g/mol. The highest BCUT2D eigenvalue weighted by atomic mass is 16.5. The number of hydrogen-bond donors (Lipinski definition) is 1. The number of ether oxygens (including phenoxy) is 1. The summed E-state index contributed by atoms with van der Waals surface area (Å²) in [5, 5.41) is 0. The molecule has 0 spiro atoms. The molecule has 3 atom stereocenters. The molecule has 3 heteroatoms. The summed E-state index contributed by atoms with van der Waals surface area (Å²) in [7, 11) is 1.40. The summed E-state index contributed by atoms with van der Waals surface area (Å²) in [6, 6.07) is -0.443. The van der Waals surface area contributed by atoms with E-state index in [4.69, 9.17) is 5.73 Å². The quantitative estimate of drug-likeness (QED) is 0.770. The van der Waals surface area contributed by atoms with Gasteiger partial charge in [0.05, 0.1) is 7.11 Å². The lowest BCUT2D eigenvalue weighted by Crippen LogP contribution is -2.33. The van der Waals surface area contributed by atoms with Crippen LogP contribution >= 0.6 is 0 Å². The van der Waals surface area contributed by atoms with Gasteiger partial charge in [-0.2, -0.15) is 0 Å². The van der Waals surface area contributed by atoms with E-state index in [1.54, 1.807) is 0 Å². The molecule has 17 heavy (non-hydrogen) atoms. The zero-order valence-electron chi connectivity index (χ0n) is 11.7. The Hall–Kier alpha value is -0.570. The molecule has 0 aromatic heterocycles. The highest BCUT2D eigenvalue weighted by Gasteiger charge is 2.35. The molecule has 0 aromatic carbocycles. The minimum Gasteiger partial charge on any atom is -0.468 e. The second-order valence-electron chi connectivity index (χ2n) is 6.37. The molecule has 0 bridgehead atoms. The number of esters is 1. The van der Waals surface area contributed by atoms with E-state index in [1.165, 1.54) is 26.4 Å². The maximum Gasteiger partial charge on any atom is 0.322 e. The summed E-state index contributed by atoms with van der Waals surface area (Å²) in [5.74, 6) is 1.22. The second-order valence-corrected chi connectivity index (χ2v) is 6.37. The normalized spacial score (nSPS) is 26.9. The molecule has 0 radical (unpaired) electrons. The molecule has 1 aliphatic carbocycles. The van der Waals surface area contributed by atoms with Gasteiger partial charge >= 0.3 is 5.97 Å². The van der Waals surface area contributed by atoms with Gasteiger partial charge in [0.25, 0.3) is 0 Å². The van der Waals surface area contributed by atoms with Gasteiger partial charge in [0.15, 0.2) is 0 Å². The topological polar surface area (TPSA) is 52.3 Å². The molecule has 0 saturated heterocycles. The third-order valence-corrected chi connectivity index (χ3v) is 4.12. The van der Waals surface area contributed by atoms with Crippen LogP contribution in [-0.2, 0) is 9.53 Å². The highest BCUT2D eigenvalue weighted by Crippen LogP contribution is 2.45. The lowest BCUT2D eigenvalue weighted by atomic mass is 9.73. The Balaban J connectivity index is 2.43. The van der Waals surface area contributed by atoms with Crippen LogP contribution in [0.4, 0.5) is 0 Å². The largest absolute Gasteiger partial charge is 0.468 e. The van der Waals surface area contributed by atoms with Crippen molar-refractivity contribution in [2.45, 2.75) is 58.9 Å². The molecule has 0 aliphatic heterocycles. The van der Waals surface area contributed by atoms with Crippen molar-refractivity contribution in [2.75, 3.05) is 7.11 Å². The molecule has 100 valence electrons. The van der Waals surface area contributed by atoms with Gasteiger partial charge in [-0.25, -0.2) is 0 Å². The Kier molecular flexibility index (Phi) is 4.99. The summed E-state index contributed by atoms with van der Waals surface area (Å²) in [5.41, 5.74) is 6.16. The fraction of sp³-hybridized carbons (Fsp3) is 0.929. The highest BCUT2D eigenvalue weighted by molar-refractivity contribution is 5.75. The number of hydrogen-bond acceptors (Lipinski definition) is 3. The Morgan fingerprint density at radius 3 is 2.59 bits per heavy atom. The van der Waals surface area contributed by atoms with Gasteiger partial charge < -0.3 is 10.5 Å². The van der Waals surface area contributed by atoms with Gasteiger partial charge in [-0.15, -0.1) is 0 Å². The first-order valence-electron chi connectivity index (χ1n) is 6.69. The van der Waals surface area contributed by atoms with Crippen molar-refractivity contribution < 1.29 is 9.53 Å². The molecule has 3 nitrogen and oxygen atoms in total. The Morgan fingerprint density at radius 1 is 1.41 bits per heavy atom. The van der Waals surface area contributed by atoms with Crippen LogP contribution in [0, 0.1) is 17.3 Å². The number of carbonyl (C=O) groups excluding carboxylic acids is 1. The predicted molar refractivity (Wildman–Crippen MR) is 69.5 cm³/mol. The standard InChI is InChI=1S/C14H27NO2/c1-14(2,3)11-7-5-6-10(11)8-9-12(15)13(16)17-4/h10-12H,5-9,15H2,1-4H3. The third kappa shape index (κ3) is 3.98. The molecule has 1 saturated carbocycles. The van der Waals surface area contributed by atoms with Gasteiger partial charge in [0.2, 0.25) is 0 Å². The van der Waals surface area contributed by atoms with E-state index in [0.29, 0.717) is 5.41 Å². The molecular formula is C14H27NO2. The van der Waals surface area contributed by atoms with Crippen LogP contribution in [0.3, 0.4) is 0 Å². The lowest BCUT2D eigenvalue weighted by molar-refractivity contribution is -0.142. The summed E-state index contributed by atoms with van der Waals surface area (Å²) in [6.07, 6.45) is 5.74. The molecule has 2 N–H and O–H groups in total. The van der Waals surface area contributed by atoms with E-state index >= 15 is 0 Å².